The molecule has 1 rings (SSSR count). The molecule has 2 N–H and O–H groups in total. The molecular formula is C8H5F4NO2. The average molecular weight is 223 g/mol. The molecule has 0 aromatic heterocycles. The van der Waals surface area contributed by atoms with E-state index in [1.807, 2.05) is 0 Å². The van der Waals surface area contributed by atoms with Crippen molar-refractivity contribution in [3.8, 4) is 5.75 Å². The zero-order valence-corrected chi connectivity index (χ0v) is 7.14. The number of carbonyl (C=O) groups is 1. The monoisotopic (exact) mass is 223 g/mol. The first-order valence-electron chi connectivity index (χ1n) is 3.64. The molecule has 0 bridgehead atoms. The molecule has 0 spiro atoms. The second-order valence-corrected chi connectivity index (χ2v) is 2.54. The highest BCUT2D eigenvalue weighted by molar-refractivity contribution is 5.86. The smallest absolute Gasteiger partial charge is 0.404 e. The van der Waals surface area contributed by atoms with Crippen LogP contribution in [0.25, 0.3) is 0 Å². The first-order chi connectivity index (χ1) is 6.85. The fourth-order valence-corrected chi connectivity index (χ4v) is 0.923. The van der Waals surface area contributed by atoms with Gasteiger partial charge >= 0.3 is 6.36 Å². The molecule has 0 unspecified atom stereocenters. The Kier molecular flexibility index (Phi) is 2.83. The normalized spacial score (nSPS) is 11.2. The van der Waals surface area contributed by atoms with Crippen LogP contribution in [0.5, 0.6) is 5.75 Å². The van der Waals surface area contributed by atoms with Crippen LogP contribution in [-0.4, -0.2) is 12.6 Å². The van der Waals surface area contributed by atoms with Crippen LogP contribution in [0.2, 0.25) is 0 Å². The van der Waals surface area contributed by atoms with Gasteiger partial charge in [-0.15, -0.1) is 13.2 Å². The number of ether oxygens (including phenoxy) is 1. The molecule has 0 amide bonds. The van der Waals surface area contributed by atoms with Crippen molar-refractivity contribution in [1.82, 2.24) is 0 Å². The number of anilines is 1. The summed E-state index contributed by atoms with van der Waals surface area (Å²) in [6, 6.07) is 1.37. The molecule has 0 heterocycles. The van der Waals surface area contributed by atoms with Crippen LogP contribution in [-0.2, 0) is 0 Å². The number of nitrogens with two attached hydrogens (primary N) is 1. The van der Waals surface area contributed by atoms with E-state index in [-0.39, 0.29) is 6.29 Å². The Hall–Kier alpha value is -1.79. The summed E-state index contributed by atoms with van der Waals surface area (Å²) in [5.74, 6) is -1.80. The number of alkyl halides is 3. The van der Waals surface area contributed by atoms with Crippen LogP contribution >= 0.6 is 0 Å². The van der Waals surface area contributed by atoms with Gasteiger partial charge in [-0.25, -0.2) is 4.39 Å². The Morgan fingerprint density at radius 3 is 2.40 bits per heavy atom. The summed E-state index contributed by atoms with van der Waals surface area (Å²) in [5, 5.41) is 0. The van der Waals surface area contributed by atoms with Gasteiger partial charge in [0, 0.05) is 0 Å². The number of rotatable bonds is 2. The lowest BCUT2D eigenvalue weighted by atomic mass is 10.2. The Labute approximate surface area is 81.4 Å². The van der Waals surface area contributed by atoms with Crippen LogP contribution in [0.1, 0.15) is 10.4 Å². The largest absolute Gasteiger partial charge is 0.573 e. The number of benzene rings is 1. The maximum Gasteiger partial charge on any atom is 0.573 e. The molecule has 0 aliphatic heterocycles. The molecule has 3 nitrogen and oxygen atoms in total. The van der Waals surface area contributed by atoms with Gasteiger partial charge in [-0.1, -0.05) is 0 Å². The van der Waals surface area contributed by atoms with E-state index in [2.05, 4.69) is 4.74 Å². The van der Waals surface area contributed by atoms with Crippen molar-refractivity contribution in [1.29, 1.82) is 0 Å². The highest BCUT2D eigenvalue weighted by Crippen LogP contribution is 2.31. The Morgan fingerprint density at radius 1 is 1.33 bits per heavy atom. The first-order valence-corrected chi connectivity index (χ1v) is 3.64. The number of hydrogen-bond acceptors (Lipinski definition) is 3. The van der Waals surface area contributed by atoms with Crippen LogP contribution in [0.3, 0.4) is 0 Å². The SMILES string of the molecule is Nc1c(OC(F)(F)F)ccc(F)c1C=O. The third-order valence-corrected chi connectivity index (χ3v) is 1.54. The van der Waals surface area contributed by atoms with Crippen molar-refractivity contribution in [2.45, 2.75) is 6.36 Å². The zero-order chi connectivity index (χ0) is 11.6. The third-order valence-electron chi connectivity index (χ3n) is 1.54. The van der Waals surface area contributed by atoms with Gasteiger partial charge in [0.1, 0.15) is 5.82 Å². The topological polar surface area (TPSA) is 52.3 Å². The van der Waals surface area contributed by atoms with Gasteiger partial charge in [0.25, 0.3) is 0 Å². The van der Waals surface area contributed by atoms with Gasteiger partial charge in [0.15, 0.2) is 12.0 Å². The molecule has 1 aromatic carbocycles. The summed E-state index contributed by atoms with van der Waals surface area (Å²) in [6.45, 7) is 0. The lowest BCUT2D eigenvalue weighted by Gasteiger charge is -2.12. The summed E-state index contributed by atoms with van der Waals surface area (Å²) in [4.78, 5) is 10.3. The highest BCUT2D eigenvalue weighted by Gasteiger charge is 2.32. The Bertz CT molecular complexity index is 389. The van der Waals surface area contributed by atoms with E-state index >= 15 is 0 Å². The van der Waals surface area contributed by atoms with E-state index in [4.69, 9.17) is 5.73 Å². The summed E-state index contributed by atoms with van der Waals surface area (Å²) in [7, 11) is 0. The molecule has 82 valence electrons. The minimum absolute atomic E-state index is 0.0217. The van der Waals surface area contributed by atoms with E-state index < -0.39 is 29.2 Å². The van der Waals surface area contributed by atoms with Gasteiger partial charge < -0.3 is 10.5 Å². The van der Waals surface area contributed by atoms with E-state index in [0.29, 0.717) is 12.1 Å². The van der Waals surface area contributed by atoms with Gasteiger partial charge in [-0.05, 0) is 12.1 Å². The maximum atomic E-state index is 12.8. The second kappa shape index (κ2) is 3.76. The average Bonchev–Trinajstić information content (AvgIpc) is 2.09. The van der Waals surface area contributed by atoms with Crippen LogP contribution in [0.4, 0.5) is 23.2 Å². The number of nitrogen functional groups attached to an aromatic ring is 1. The van der Waals surface area contributed by atoms with Gasteiger partial charge in [-0.3, -0.25) is 4.79 Å². The third kappa shape index (κ3) is 2.58. The summed E-state index contributed by atoms with van der Waals surface area (Å²) in [6.07, 6.45) is -4.92. The zero-order valence-electron chi connectivity index (χ0n) is 7.14. The standard InChI is InChI=1S/C8H5F4NO2/c9-5-1-2-6(15-8(10,11)12)7(13)4(5)3-14/h1-3H,13H2. The van der Waals surface area contributed by atoms with Gasteiger partial charge in [0.05, 0.1) is 11.3 Å². The molecule has 0 atom stereocenters. The number of aldehydes is 1. The lowest BCUT2D eigenvalue weighted by Crippen LogP contribution is -2.18. The highest BCUT2D eigenvalue weighted by atomic mass is 19.4. The predicted molar refractivity (Wildman–Crippen MR) is 42.9 cm³/mol. The molecule has 0 fully saturated rings. The predicted octanol–water partition coefficient (Wildman–Crippen LogP) is 2.12. The molecule has 0 saturated heterocycles. The van der Waals surface area contributed by atoms with E-state index in [1.54, 1.807) is 0 Å². The molecule has 1 aromatic rings. The van der Waals surface area contributed by atoms with Crippen LogP contribution < -0.4 is 10.5 Å². The number of halogens is 4. The Balaban J connectivity index is 3.16. The van der Waals surface area contributed by atoms with E-state index in [9.17, 15) is 22.4 Å². The van der Waals surface area contributed by atoms with Crippen molar-refractivity contribution in [3.05, 3.63) is 23.5 Å². The van der Waals surface area contributed by atoms with Crippen molar-refractivity contribution in [2.24, 2.45) is 0 Å². The fraction of sp³-hybridized carbons (Fsp3) is 0.125. The maximum absolute atomic E-state index is 12.8. The Morgan fingerprint density at radius 2 is 1.93 bits per heavy atom. The van der Waals surface area contributed by atoms with E-state index in [1.165, 1.54) is 0 Å². The molecule has 15 heavy (non-hydrogen) atoms. The van der Waals surface area contributed by atoms with Crippen LogP contribution in [0, 0.1) is 5.82 Å². The van der Waals surface area contributed by atoms with Gasteiger partial charge in [-0.2, -0.15) is 0 Å². The van der Waals surface area contributed by atoms with E-state index in [0.717, 1.165) is 0 Å². The lowest BCUT2D eigenvalue weighted by molar-refractivity contribution is -0.274. The fourth-order valence-electron chi connectivity index (χ4n) is 0.923. The van der Waals surface area contributed by atoms with Crippen molar-refractivity contribution in [2.75, 3.05) is 5.73 Å². The molecule has 0 radical (unpaired) electrons. The van der Waals surface area contributed by atoms with Crippen LogP contribution in [0.15, 0.2) is 12.1 Å². The second-order valence-electron chi connectivity index (χ2n) is 2.54. The molecule has 0 aliphatic carbocycles. The van der Waals surface area contributed by atoms with Crippen molar-refractivity contribution >= 4 is 12.0 Å². The summed E-state index contributed by atoms with van der Waals surface area (Å²) >= 11 is 0. The minimum atomic E-state index is -4.94. The first kappa shape index (κ1) is 11.3. The summed E-state index contributed by atoms with van der Waals surface area (Å²) < 4.78 is 51.7. The molecular weight excluding hydrogens is 218 g/mol. The quantitative estimate of drug-likeness (QED) is 0.474. The number of hydrogen-bond donors (Lipinski definition) is 1. The van der Waals surface area contributed by atoms with Crippen molar-refractivity contribution in [3.63, 3.8) is 0 Å². The summed E-state index contributed by atoms with van der Waals surface area (Å²) in [5.41, 5.74) is 3.77. The molecule has 7 heteroatoms. The molecule has 0 saturated carbocycles. The van der Waals surface area contributed by atoms with Crippen molar-refractivity contribution < 1.29 is 27.1 Å². The molecule has 0 aliphatic rings. The van der Waals surface area contributed by atoms with Gasteiger partial charge in [0.2, 0.25) is 0 Å². The minimum Gasteiger partial charge on any atom is -0.404 e. The number of carbonyl (C=O) groups excluding carboxylic acids is 1.